The Morgan fingerprint density at radius 2 is 1.88 bits per heavy atom. The van der Waals surface area contributed by atoms with Gasteiger partial charge in [0.25, 0.3) is 5.91 Å². The molecule has 0 unspecified atom stereocenters. The van der Waals surface area contributed by atoms with Crippen LogP contribution in [-0.2, 0) is 0 Å². The minimum Gasteiger partial charge on any atom is -0.492 e. The first-order chi connectivity index (χ1) is 12.2. The molecule has 132 valence electrons. The highest BCUT2D eigenvalue weighted by Crippen LogP contribution is 2.17. The number of carbonyl (C=O) groups excluding carboxylic acids is 1. The largest absolute Gasteiger partial charge is 0.492 e. The normalized spacial score (nSPS) is 15.4. The highest BCUT2D eigenvalue weighted by molar-refractivity contribution is 5.93. The molecule has 2 heterocycles. The smallest absolute Gasteiger partial charge is 0.256 e. The second-order valence-electron chi connectivity index (χ2n) is 6.29. The van der Waals surface area contributed by atoms with Crippen LogP contribution in [0.25, 0.3) is 0 Å². The molecule has 1 fully saturated rings. The number of carbonyl (C=O) groups is 1. The summed E-state index contributed by atoms with van der Waals surface area (Å²) < 4.78 is 5.76. The lowest BCUT2D eigenvalue weighted by atomic mass is 10.0. The first-order valence-electron chi connectivity index (χ1n) is 8.66. The van der Waals surface area contributed by atoms with E-state index >= 15 is 0 Å². The Morgan fingerprint density at radius 1 is 1.20 bits per heavy atom. The van der Waals surface area contributed by atoms with Crippen LogP contribution in [0.1, 0.15) is 23.2 Å². The van der Waals surface area contributed by atoms with Crippen molar-refractivity contribution in [3.05, 3.63) is 54.6 Å². The van der Waals surface area contributed by atoms with E-state index in [1.54, 1.807) is 12.4 Å². The van der Waals surface area contributed by atoms with Gasteiger partial charge in [0.2, 0.25) is 0 Å². The van der Waals surface area contributed by atoms with Crippen LogP contribution < -0.4 is 4.74 Å². The summed E-state index contributed by atoms with van der Waals surface area (Å²) in [5, 5.41) is 0. The number of aromatic nitrogens is 2. The Kier molecular flexibility index (Phi) is 5.95. The molecule has 1 aliphatic rings. The van der Waals surface area contributed by atoms with Crippen LogP contribution in [-0.4, -0.2) is 65.0 Å². The third kappa shape index (κ3) is 4.76. The molecule has 1 aromatic heterocycles. The number of hydrogen-bond donors (Lipinski definition) is 0. The quantitative estimate of drug-likeness (QED) is 0.806. The standard InChI is InChI=1S/C19H24N4O2/c1-22(11-12-25-18-5-3-2-4-6-18)17-7-9-23(10-8-17)19(24)16-13-20-15-21-14-16/h2-6,13-15,17H,7-12H2,1H3. The molecule has 0 radical (unpaired) electrons. The van der Waals surface area contributed by atoms with E-state index in [2.05, 4.69) is 21.9 Å². The summed E-state index contributed by atoms with van der Waals surface area (Å²) in [6.45, 7) is 3.07. The number of piperidine rings is 1. The molecule has 3 rings (SSSR count). The molecule has 6 heteroatoms. The Balaban J connectivity index is 1.41. The number of benzene rings is 1. The summed E-state index contributed by atoms with van der Waals surface area (Å²) in [7, 11) is 2.13. The fourth-order valence-corrected chi connectivity index (χ4v) is 3.11. The number of para-hydroxylation sites is 1. The van der Waals surface area contributed by atoms with Crippen LogP contribution in [0.2, 0.25) is 0 Å². The third-order valence-corrected chi connectivity index (χ3v) is 4.64. The number of likely N-dealkylation sites (N-methyl/N-ethyl adjacent to an activating group) is 1. The van der Waals surface area contributed by atoms with Gasteiger partial charge in [-0.05, 0) is 32.0 Å². The minimum atomic E-state index is 0.0223. The Bertz CT molecular complexity index is 658. The van der Waals surface area contributed by atoms with E-state index in [-0.39, 0.29) is 5.91 Å². The minimum absolute atomic E-state index is 0.0223. The average Bonchev–Trinajstić information content (AvgIpc) is 2.69. The van der Waals surface area contributed by atoms with E-state index in [1.807, 2.05) is 35.2 Å². The molecule has 0 N–H and O–H groups in total. The lowest BCUT2D eigenvalue weighted by molar-refractivity contribution is 0.0632. The molecule has 0 saturated carbocycles. The van der Waals surface area contributed by atoms with Crippen molar-refractivity contribution in [2.45, 2.75) is 18.9 Å². The van der Waals surface area contributed by atoms with Crippen LogP contribution in [0.5, 0.6) is 5.75 Å². The van der Waals surface area contributed by atoms with Crippen molar-refractivity contribution in [3.63, 3.8) is 0 Å². The Hall–Kier alpha value is -2.47. The van der Waals surface area contributed by atoms with Crippen LogP contribution in [0, 0.1) is 0 Å². The van der Waals surface area contributed by atoms with E-state index in [9.17, 15) is 4.79 Å². The second-order valence-corrected chi connectivity index (χ2v) is 6.29. The van der Waals surface area contributed by atoms with Crippen LogP contribution in [0.15, 0.2) is 49.1 Å². The second kappa shape index (κ2) is 8.58. The first kappa shape index (κ1) is 17.4. The van der Waals surface area contributed by atoms with Gasteiger partial charge in [0, 0.05) is 38.1 Å². The molecule has 6 nitrogen and oxygen atoms in total. The first-order valence-corrected chi connectivity index (χ1v) is 8.66. The zero-order valence-corrected chi connectivity index (χ0v) is 14.5. The number of nitrogens with zero attached hydrogens (tertiary/aromatic N) is 4. The maximum Gasteiger partial charge on any atom is 0.256 e. The number of likely N-dealkylation sites (tertiary alicyclic amines) is 1. The summed E-state index contributed by atoms with van der Waals surface area (Å²) in [5.41, 5.74) is 0.561. The van der Waals surface area contributed by atoms with Gasteiger partial charge in [-0.3, -0.25) is 9.69 Å². The number of hydrogen-bond acceptors (Lipinski definition) is 5. The third-order valence-electron chi connectivity index (χ3n) is 4.64. The summed E-state index contributed by atoms with van der Waals surface area (Å²) in [6, 6.07) is 10.4. The summed E-state index contributed by atoms with van der Waals surface area (Å²) in [4.78, 5) is 24.5. The monoisotopic (exact) mass is 340 g/mol. The summed E-state index contributed by atoms with van der Waals surface area (Å²) in [6.07, 6.45) is 6.54. The molecule has 0 aliphatic carbocycles. The number of rotatable bonds is 6. The van der Waals surface area contributed by atoms with Gasteiger partial charge in [-0.15, -0.1) is 0 Å². The fraction of sp³-hybridized carbons (Fsp3) is 0.421. The Labute approximate surface area is 148 Å². The molecule has 1 amide bonds. The Morgan fingerprint density at radius 3 is 2.56 bits per heavy atom. The van der Waals surface area contributed by atoms with Gasteiger partial charge in [0.15, 0.2) is 0 Å². The topological polar surface area (TPSA) is 58.6 Å². The van der Waals surface area contributed by atoms with Gasteiger partial charge in [0.05, 0.1) is 5.56 Å². The van der Waals surface area contributed by atoms with Gasteiger partial charge in [-0.1, -0.05) is 18.2 Å². The van der Waals surface area contributed by atoms with Crippen molar-refractivity contribution in [2.24, 2.45) is 0 Å². The average molecular weight is 340 g/mol. The highest BCUT2D eigenvalue weighted by atomic mass is 16.5. The van der Waals surface area contributed by atoms with E-state index < -0.39 is 0 Å². The van der Waals surface area contributed by atoms with Crippen molar-refractivity contribution >= 4 is 5.91 Å². The van der Waals surface area contributed by atoms with Crippen molar-refractivity contribution in [1.82, 2.24) is 19.8 Å². The van der Waals surface area contributed by atoms with Crippen molar-refractivity contribution in [3.8, 4) is 5.75 Å². The molecular formula is C19H24N4O2. The van der Waals surface area contributed by atoms with Crippen molar-refractivity contribution in [1.29, 1.82) is 0 Å². The molecule has 1 aliphatic heterocycles. The zero-order chi connectivity index (χ0) is 17.5. The van der Waals surface area contributed by atoms with E-state index in [1.165, 1.54) is 6.33 Å². The zero-order valence-electron chi connectivity index (χ0n) is 14.5. The van der Waals surface area contributed by atoms with Crippen molar-refractivity contribution in [2.75, 3.05) is 33.3 Å². The molecule has 25 heavy (non-hydrogen) atoms. The van der Waals surface area contributed by atoms with Gasteiger partial charge < -0.3 is 9.64 Å². The number of ether oxygens (including phenoxy) is 1. The molecule has 2 aromatic rings. The van der Waals surface area contributed by atoms with Gasteiger partial charge in [-0.2, -0.15) is 0 Å². The fourth-order valence-electron chi connectivity index (χ4n) is 3.11. The maximum absolute atomic E-state index is 12.4. The predicted octanol–water partition coefficient (Wildman–Crippen LogP) is 2.09. The van der Waals surface area contributed by atoms with Gasteiger partial charge >= 0.3 is 0 Å². The molecule has 1 saturated heterocycles. The SMILES string of the molecule is CN(CCOc1ccccc1)C1CCN(C(=O)c2cncnc2)CC1. The number of amides is 1. The van der Waals surface area contributed by atoms with E-state index in [4.69, 9.17) is 4.74 Å². The van der Waals surface area contributed by atoms with Crippen LogP contribution in [0.4, 0.5) is 0 Å². The predicted molar refractivity (Wildman–Crippen MR) is 95.5 cm³/mol. The lowest BCUT2D eigenvalue weighted by Crippen LogP contribution is -2.46. The van der Waals surface area contributed by atoms with E-state index in [0.717, 1.165) is 38.2 Å². The molecular weight excluding hydrogens is 316 g/mol. The maximum atomic E-state index is 12.4. The lowest BCUT2D eigenvalue weighted by Gasteiger charge is -2.36. The van der Waals surface area contributed by atoms with Crippen LogP contribution in [0.3, 0.4) is 0 Å². The molecule has 1 aromatic carbocycles. The van der Waals surface area contributed by atoms with Gasteiger partial charge in [0.1, 0.15) is 18.7 Å². The van der Waals surface area contributed by atoms with Crippen molar-refractivity contribution < 1.29 is 9.53 Å². The van der Waals surface area contributed by atoms with E-state index in [0.29, 0.717) is 18.2 Å². The molecule has 0 atom stereocenters. The highest BCUT2D eigenvalue weighted by Gasteiger charge is 2.26. The summed E-state index contributed by atoms with van der Waals surface area (Å²) >= 11 is 0. The summed E-state index contributed by atoms with van der Waals surface area (Å²) in [5.74, 6) is 0.926. The molecule has 0 spiro atoms. The van der Waals surface area contributed by atoms with Gasteiger partial charge in [-0.25, -0.2) is 9.97 Å². The molecule has 0 bridgehead atoms. The van der Waals surface area contributed by atoms with Crippen LogP contribution >= 0.6 is 0 Å².